The van der Waals surface area contributed by atoms with Crippen LogP contribution in [-0.4, -0.2) is 31.3 Å². The topological polar surface area (TPSA) is 28.2 Å². The average Bonchev–Trinajstić information content (AvgIpc) is 2.51. The number of rotatable bonds is 6. The van der Waals surface area contributed by atoms with Gasteiger partial charge in [-0.15, -0.1) is 0 Å². The standard InChI is InChI=1S/C18H21BN3/c1-6-7-18(22(4)5)13(2)21-16-9-8-14-10-15(19-3)12-20-17(14)11-16/h6-12,21H,1-2H2,3-5H3/b18-7-. The van der Waals surface area contributed by atoms with Crippen molar-refractivity contribution in [2.75, 3.05) is 19.4 Å². The predicted molar refractivity (Wildman–Crippen MR) is 97.7 cm³/mol. The largest absolute Gasteiger partial charge is 0.376 e. The number of benzene rings is 1. The highest BCUT2D eigenvalue weighted by atomic mass is 15.1. The van der Waals surface area contributed by atoms with Crippen molar-refractivity contribution in [3.05, 3.63) is 67.2 Å². The van der Waals surface area contributed by atoms with E-state index in [1.807, 2.05) is 57.5 Å². The minimum absolute atomic E-state index is 0.822. The van der Waals surface area contributed by atoms with Crippen LogP contribution < -0.4 is 10.8 Å². The average molecular weight is 290 g/mol. The molecule has 0 amide bonds. The molecule has 0 atom stereocenters. The quantitative estimate of drug-likeness (QED) is 0.654. The molecule has 1 radical (unpaired) electrons. The first-order chi connectivity index (χ1) is 10.5. The molecule has 0 bridgehead atoms. The van der Waals surface area contributed by atoms with E-state index in [-0.39, 0.29) is 0 Å². The van der Waals surface area contributed by atoms with Crippen molar-refractivity contribution in [1.29, 1.82) is 0 Å². The first-order valence-corrected chi connectivity index (χ1v) is 7.20. The van der Waals surface area contributed by atoms with Gasteiger partial charge in [0.2, 0.25) is 0 Å². The fourth-order valence-corrected chi connectivity index (χ4v) is 2.24. The summed E-state index contributed by atoms with van der Waals surface area (Å²) >= 11 is 0. The molecule has 0 saturated carbocycles. The summed E-state index contributed by atoms with van der Waals surface area (Å²) in [5.41, 5.74) is 4.86. The van der Waals surface area contributed by atoms with Gasteiger partial charge in [0.15, 0.2) is 0 Å². The summed E-state index contributed by atoms with van der Waals surface area (Å²) in [6.45, 7) is 9.86. The predicted octanol–water partition coefficient (Wildman–Crippen LogP) is 3.17. The number of likely N-dealkylation sites (N-methyl/N-ethyl adjacent to an activating group) is 1. The van der Waals surface area contributed by atoms with Crippen LogP contribution in [0.25, 0.3) is 10.9 Å². The zero-order valence-electron chi connectivity index (χ0n) is 13.4. The molecule has 0 aliphatic heterocycles. The van der Waals surface area contributed by atoms with Crippen LogP contribution in [0.5, 0.6) is 0 Å². The van der Waals surface area contributed by atoms with Gasteiger partial charge in [-0.2, -0.15) is 0 Å². The molecular weight excluding hydrogens is 269 g/mol. The van der Waals surface area contributed by atoms with Crippen molar-refractivity contribution in [1.82, 2.24) is 9.88 Å². The Labute approximate surface area is 133 Å². The van der Waals surface area contributed by atoms with Gasteiger partial charge in [-0.25, -0.2) is 0 Å². The summed E-state index contributed by atoms with van der Waals surface area (Å²) in [6.07, 6.45) is 5.56. The third-order valence-electron chi connectivity index (χ3n) is 3.40. The molecule has 0 unspecified atom stereocenters. The fraction of sp³-hybridized carbons (Fsp3) is 0.167. The fourth-order valence-electron chi connectivity index (χ4n) is 2.24. The number of aromatic nitrogens is 1. The summed E-state index contributed by atoms with van der Waals surface area (Å²) < 4.78 is 0. The molecule has 0 aliphatic carbocycles. The van der Waals surface area contributed by atoms with Gasteiger partial charge in [0.1, 0.15) is 7.28 Å². The molecule has 4 heteroatoms. The molecular formula is C18H21BN3. The Morgan fingerprint density at radius 1 is 1.32 bits per heavy atom. The van der Waals surface area contributed by atoms with Crippen LogP contribution in [0.3, 0.4) is 0 Å². The van der Waals surface area contributed by atoms with E-state index in [4.69, 9.17) is 0 Å². The maximum Gasteiger partial charge on any atom is 0.150 e. The zero-order valence-corrected chi connectivity index (χ0v) is 13.4. The van der Waals surface area contributed by atoms with Crippen LogP contribution >= 0.6 is 0 Å². The number of hydrogen-bond acceptors (Lipinski definition) is 3. The van der Waals surface area contributed by atoms with Crippen molar-refractivity contribution in [2.24, 2.45) is 0 Å². The summed E-state index contributed by atoms with van der Waals surface area (Å²) in [7, 11) is 6.00. The van der Waals surface area contributed by atoms with E-state index < -0.39 is 0 Å². The molecule has 22 heavy (non-hydrogen) atoms. The first-order valence-electron chi connectivity index (χ1n) is 7.20. The number of fused-ring (bicyclic) bond motifs is 1. The van der Waals surface area contributed by atoms with Crippen molar-refractivity contribution < 1.29 is 0 Å². The lowest BCUT2D eigenvalue weighted by Crippen LogP contribution is -2.16. The van der Waals surface area contributed by atoms with Gasteiger partial charge < -0.3 is 10.2 Å². The normalized spacial score (nSPS) is 11.1. The lowest BCUT2D eigenvalue weighted by molar-refractivity contribution is 0.523. The van der Waals surface area contributed by atoms with Crippen LogP contribution in [0.1, 0.15) is 0 Å². The number of pyridine rings is 1. The number of allylic oxidation sites excluding steroid dienone is 2. The van der Waals surface area contributed by atoms with Crippen molar-refractivity contribution >= 4 is 29.3 Å². The molecule has 0 aliphatic rings. The van der Waals surface area contributed by atoms with Gasteiger partial charge in [-0.05, 0) is 23.6 Å². The summed E-state index contributed by atoms with van der Waals surface area (Å²) in [4.78, 5) is 6.49. The van der Waals surface area contributed by atoms with E-state index >= 15 is 0 Å². The molecule has 1 aromatic carbocycles. The number of anilines is 1. The second-order valence-corrected chi connectivity index (χ2v) is 5.25. The molecule has 0 spiro atoms. The van der Waals surface area contributed by atoms with E-state index in [2.05, 4.69) is 35.6 Å². The van der Waals surface area contributed by atoms with Crippen LogP contribution in [-0.2, 0) is 0 Å². The molecule has 2 rings (SSSR count). The minimum Gasteiger partial charge on any atom is -0.376 e. The SMILES string of the molecule is C=C/C=C(/C(=C)Nc1ccc2cc([B]C)cnc2c1)N(C)C. The highest BCUT2D eigenvalue weighted by Gasteiger charge is 2.06. The molecule has 2 aromatic rings. The first kappa shape index (κ1) is 15.9. The van der Waals surface area contributed by atoms with Crippen molar-refractivity contribution in [3.8, 4) is 0 Å². The van der Waals surface area contributed by atoms with Gasteiger partial charge in [-0.3, -0.25) is 4.98 Å². The minimum atomic E-state index is 0.822. The highest BCUT2D eigenvalue weighted by molar-refractivity contribution is 6.52. The number of nitrogens with zero attached hydrogens (tertiary/aromatic N) is 2. The Morgan fingerprint density at radius 2 is 2.09 bits per heavy atom. The smallest absolute Gasteiger partial charge is 0.150 e. The van der Waals surface area contributed by atoms with Crippen LogP contribution in [0.4, 0.5) is 5.69 Å². The zero-order chi connectivity index (χ0) is 16.1. The second kappa shape index (κ2) is 6.99. The molecule has 3 nitrogen and oxygen atoms in total. The molecule has 0 saturated heterocycles. The van der Waals surface area contributed by atoms with Crippen LogP contribution in [0, 0.1) is 0 Å². The lowest BCUT2D eigenvalue weighted by atomic mass is 9.74. The van der Waals surface area contributed by atoms with Crippen LogP contribution in [0.2, 0.25) is 6.82 Å². The maximum absolute atomic E-state index is 4.49. The Hall–Kier alpha value is -2.49. The van der Waals surface area contributed by atoms with Gasteiger partial charge in [0, 0.05) is 26.0 Å². The van der Waals surface area contributed by atoms with Gasteiger partial charge in [-0.1, -0.05) is 43.7 Å². The lowest BCUT2D eigenvalue weighted by Gasteiger charge is -2.20. The Kier molecular flexibility index (Phi) is 5.05. The maximum atomic E-state index is 4.49. The van der Waals surface area contributed by atoms with Gasteiger partial charge in [0.25, 0.3) is 0 Å². The number of nitrogens with one attached hydrogen (secondary N) is 1. The Bertz CT molecular complexity index is 732. The Balaban J connectivity index is 2.26. The van der Waals surface area contributed by atoms with E-state index in [9.17, 15) is 0 Å². The molecule has 1 aromatic heterocycles. The second-order valence-electron chi connectivity index (χ2n) is 5.25. The summed E-state index contributed by atoms with van der Waals surface area (Å²) in [6, 6.07) is 8.26. The molecule has 0 fully saturated rings. The summed E-state index contributed by atoms with van der Waals surface area (Å²) in [5.74, 6) is 0. The van der Waals surface area contributed by atoms with Crippen molar-refractivity contribution in [3.63, 3.8) is 0 Å². The molecule has 111 valence electrons. The molecule has 1 N–H and O–H groups in total. The van der Waals surface area contributed by atoms with E-state index in [0.29, 0.717) is 0 Å². The van der Waals surface area contributed by atoms with E-state index in [1.54, 1.807) is 6.08 Å². The molecule has 1 heterocycles. The number of hydrogen-bond donors (Lipinski definition) is 1. The van der Waals surface area contributed by atoms with E-state index in [1.165, 1.54) is 0 Å². The third kappa shape index (κ3) is 3.58. The third-order valence-corrected chi connectivity index (χ3v) is 3.40. The van der Waals surface area contributed by atoms with Gasteiger partial charge in [0.05, 0.1) is 16.9 Å². The van der Waals surface area contributed by atoms with E-state index in [0.717, 1.165) is 33.4 Å². The highest BCUT2D eigenvalue weighted by Crippen LogP contribution is 2.20. The summed E-state index contributed by atoms with van der Waals surface area (Å²) in [5, 5.41) is 4.46. The van der Waals surface area contributed by atoms with Gasteiger partial charge >= 0.3 is 0 Å². The monoisotopic (exact) mass is 290 g/mol. The van der Waals surface area contributed by atoms with Crippen molar-refractivity contribution in [2.45, 2.75) is 6.82 Å². The Morgan fingerprint density at radius 3 is 2.73 bits per heavy atom. The van der Waals surface area contributed by atoms with Crippen LogP contribution in [0.15, 0.2) is 67.2 Å².